The Kier molecular flexibility index (Phi) is 4.55. The molecule has 144 valence electrons. The van der Waals surface area contributed by atoms with Crippen LogP contribution in [0.15, 0.2) is 22.0 Å². The number of fused-ring (bicyclic) bond motifs is 1. The van der Waals surface area contributed by atoms with Gasteiger partial charge in [-0.2, -0.15) is 0 Å². The van der Waals surface area contributed by atoms with Gasteiger partial charge in [-0.25, -0.2) is 0 Å². The molecule has 2 atom stereocenters. The van der Waals surface area contributed by atoms with Crippen molar-refractivity contribution in [3.05, 3.63) is 39.4 Å². The van der Waals surface area contributed by atoms with Crippen LogP contribution in [0.2, 0.25) is 0 Å². The Morgan fingerprint density at radius 1 is 1.33 bits per heavy atom. The van der Waals surface area contributed by atoms with Gasteiger partial charge >= 0.3 is 0 Å². The molecule has 4 rings (SSSR count). The lowest BCUT2D eigenvalue weighted by Crippen LogP contribution is -2.41. The summed E-state index contributed by atoms with van der Waals surface area (Å²) in [4.78, 5) is 30.2. The molecule has 7 nitrogen and oxygen atoms in total. The first-order valence-corrected chi connectivity index (χ1v) is 9.94. The van der Waals surface area contributed by atoms with Gasteiger partial charge in [0.25, 0.3) is 5.91 Å². The fraction of sp³-hybridized carbons (Fsp3) is 0.526. The lowest BCUT2D eigenvalue weighted by atomic mass is 9.82. The first-order valence-electron chi connectivity index (χ1n) is 9.07. The molecule has 0 aromatic carbocycles. The Morgan fingerprint density at radius 2 is 2.07 bits per heavy atom. The van der Waals surface area contributed by atoms with Crippen LogP contribution in [0.1, 0.15) is 26.7 Å². The van der Waals surface area contributed by atoms with E-state index in [4.69, 9.17) is 4.52 Å². The third-order valence-electron chi connectivity index (χ3n) is 5.87. The molecule has 0 bridgehead atoms. The summed E-state index contributed by atoms with van der Waals surface area (Å²) in [6, 6.07) is 3.91. The predicted octanol–water partition coefficient (Wildman–Crippen LogP) is 1.49. The zero-order valence-corrected chi connectivity index (χ0v) is 16.3. The molecule has 2 aromatic rings. The van der Waals surface area contributed by atoms with Gasteiger partial charge in [0.2, 0.25) is 5.91 Å². The van der Waals surface area contributed by atoms with Crippen molar-refractivity contribution in [2.24, 2.45) is 11.3 Å². The second kappa shape index (κ2) is 6.76. The number of aliphatic hydroxyl groups excluding tert-OH is 1. The van der Waals surface area contributed by atoms with Crippen LogP contribution in [0.4, 0.5) is 0 Å². The van der Waals surface area contributed by atoms with Gasteiger partial charge in [0, 0.05) is 42.4 Å². The summed E-state index contributed by atoms with van der Waals surface area (Å²) in [5.41, 5.74) is 0.647. The maximum atomic E-state index is 12.9. The first kappa shape index (κ1) is 18.2. The van der Waals surface area contributed by atoms with Crippen LogP contribution in [0, 0.1) is 25.2 Å². The summed E-state index contributed by atoms with van der Waals surface area (Å²) >= 11 is 1.58. The number of thiophene rings is 1. The normalized spacial score (nSPS) is 24.5. The third kappa shape index (κ3) is 3.06. The number of aliphatic hydroxyl groups is 1. The van der Waals surface area contributed by atoms with Crippen molar-refractivity contribution >= 4 is 23.2 Å². The Morgan fingerprint density at radius 3 is 2.67 bits per heavy atom. The van der Waals surface area contributed by atoms with Crippen LogP contribution in [-0.4, -0.2) is 64.7 Å². The van der Waals surface area contributed by atoms with Crippen molar-refractivity contribution in [3.63, 3.8) is 0 Å². The number of likely N-dealkylation sites (tertiary alicyclic amines) is 2. The van der Waals surface area contributed by atoms with Crippen molar-refractivity contribution < 1.29 is 19.2 Å². The van der Waals surface area contributed by atoms with Crippen molar-refractivity contribution in [2.75, 3.05) is 32.8 Å². The quantitative estimate of drug-likeness (QED) is 0.856. The van der Waals surface area contributed by atoms with E-state index in [0.29, 0.717) is 49.6 Å². The highest BCUT2D eigenvalue weighted by Crippen LogP contribution is 2.43. The van der Waals surface area contributed by atoms with Gasteiger partial charge in [-0.05, 0) is 25.3 Å². The monoisotopic (exact) mass is 389 g/mol. The topological polar surface area (TPSA) is 86.9 Å². The number of amides is 2. The average Bonchev–Trinajstić information content (AvgIpc) is 3.38. The first-order chi connectivity index (χ1) is 12.9. The van der Waals surface area contributed by atoms with Gasteiger partial charge in [-0.1, -0.05) is 11.2 Å². The minimum atomic E-state index is -0.445. The molecule has 8 heteroatoms. The maximum Gasteiger partial charge on any atom is 0.259 e. The molecule has 2 unspecified atom stereocenters. The van der Waals surface area contributed by atoms with Gasteiger partial charge in [0.15, 0.2) is 0 Å². The SMILES string of the molecule is Cc1noc(C)c1C(=O)N1CC2CN(C(=O)Cc3cccs3)CC2(CO)C1. The molecule has 0 spiro atoms. The Bertz CT molecular complexity index is 843. The van der Waals surface area contributed by atoms with Crippen LogP contribution in [-0.2, 0) is 11.2 Å². The number of nitrogens with zero attached hydrogens (tertiary/aromatic N) is 3. The Balaban J connectivity index is 1.47. The molecule has 0 aliphatic carbocycles. The largest absolute Gasteiger partial charge is 0.396 e. The summed E-state index contributed by atoms with van der Waals surface area (Å²) in [6.45, 7) is 5.50. The van der Waals surface area contributed by atoms with Crippen molar-refractivity contribution in [3.8, 4) is 0 Å². The van der Waals surface area contributed by atoms with Crippen LogP contribution in [0.3, 0.4) is 0 Å². The summed E-state index contributed by atoms with van der Waals surface area (Å²) in [5.74, 6) is 0.577. The number of aromatic nitrogens is 1. The van der Waals surface area contributed by atoms with E-state index in [2.05, 4.69) is 5.16 Å². The molecule has 2 amide bonds. The highest BCUT2D eigenvalue weighted by molar-refractivity contribution is 7.10. The third-order valence-corrected chi connectivity index (χ3v) is 6.74. The van der Waals surface area contributed by atoms with Gasteiger partial charge in [-0.15, -0.1) is 11.3 Å². The fourth-order valence-corrected chi connectivity index (χ4v) is 5.06. The molecule has 2 aliphatic heterocycles. The zero-order valence-electron chi connectivity index (χ0n) is 15.5. The van der Waals surface area contributed by atoms with E-state index < -0.39 is 5.41 Å². The fourth-order valence-electron chi connectivity index (χ4n) is 4.37. The molecule has 2 saturated heterocycles. The van der Waals surface area contributed by atoms with E-state index in [1.54, 1.807) is 30.1 Å². The molecule has 2 fully saturated rings. The van der Waals surface area contributed by atoms with Crippen molar-refractivity contribution in [2.45, 2.75) is 20.3 Å². The molecular formula is C19H23N3O4S. The summed E-state index contributed by atoms with van der Waals surface area (Å²) in [7, 11) is 0. The maximum absolute atomic E-state index is 12.9. The minimum Gasteiger partial charge on any atom is -0.396 e. The smallest absolute Gasteiger partial charge is 0.259 e. The standard InChI is InChI=1S/C19H23N3O4S/c1-12-17(13(2)26-20-12)18(25)22-8-14-7-21(9-19(14,10-22)11-23)16(24)6-15-4-3-5-27-15/h3-5,14,23H,6-11H2,1-2H3. The van der Waals surface area contributed by atoms with Crippen LogP contribution >= 0.6 is 11.3 Å². The number of hydrogen-bond donors (Lipinski definition) is 1. The van der Waals surface area contributed by atoms with Crippen molar-refractivity contribution in [1.82, 2.24) is 15.0 Å². The van der Waals surface area contributed by atoms with E-state index in [9.17, 15) is 14.7 Å². The molecule has 2 aliphatic rings. The van der Waals surface area contributed by atoms with E-state index >= 15 is 0 Å². The van der Waals surface area contributed by atoms with Crippen molar-refractivity contribution in [1.29, 1.82) is 0 Å². The van der Waals surface area contributed by atoms with Crippen LogP contribution in [0.25, 0.3) is 0 Å². The number of hydrogen-bond acceptors (Lipinski definition) is 6. The molecule has 0 saturated carbocycles. The van der Waals surface area contributed by atoms with Gasteiger partial charge in [0.1, 0.15) is 11.3 Å². The van der Waals surface area contributed by atoms with Gasteiger partial charge in [0.05, 0.1) is 18.7 Å². The number of aryl methyl sites for hydroxylation is 2. The molecule has 27 heavy (non-hydrogen) atoms. The second-order valence-corrected chi connectivity index (χ2v) is 8.66. The second-order valence-electron chi connectivity index (χ2n) is 7.63. The average molecular weight is 389 g/mol. The Labute approximate surface area is 161 Å². The molecular weight excluding hydrogens is 366 g/mol. The molecule has 4 heterocycles. The number of rotatable bonds is 4. The minimum absolute atomic E-state index is 0.0359. The summed E-state index contributed by atoms with van der Waals surface area (Å²) in [6.07, 6.45) is 0.396. The summed E-state index contributed by atoms with van der Waals surface area (Å²) < 4.78 is 5.12. The number of carbonyl (C=O) groups is 2. The molecule has 0 radical (unpaired) electrons. The van der Waals surface area contributed by atoms with Crippen LogP contribution in [0.5, 0.6) is 0 Å². The van der Waals surface area contributed by atoms with Gasteiger partial charge < -0.3 is 19.4 Å². The lowest BCUT2D eigenvalue weighted by molar-refractivity contribution is -0.130. The van der Waals surface area contributed by atoms with Gasteiger partial charge in [-0.3, -0.25) is 9.59 Å². The lowest BCUT2D eigenvalue weighted by Gasteiger charge is -2.27. The van der Waals surface area contributed by atoms with E-state index in [-0.39, 0.29) is 24.3 Å². The van der Waals surface area contributed by atoms with Crippen LogP contribution < -0.4 is 0 Å². The van der Waals surface area contributed by atoms with E-state index in [0.717, 1.165) is 4.88 Å². The summed E-state index contributed by atoms with van der Waals surface area (Å²) in [5, 5.41) is 15.9. The number of carbonyl (C=O) groups excluding carboxylic acids is 2. The molecule has 2 aromatic heterocycles. The molecule has 1 N–H and O–H groups in total. The van der Waals surface area contributed by atoms with E-state index in [1.165, 1.54) is 0 Å². The highest BCUT2D eigenvalue weighted by atomic mass is 32.1. The van der Waals surface area contributed by atoms with E-state index in [1.807, 2.05) is 22.4 Å². The zero-order chi connectivity index (χ0) is 19.2. The highest BCUT2D eigenvalue weighted by Gasteiger charge is 2.54. The predicted molar refractivity (Wildman–Crippen MR) is 99.5 cm³/mol. The Hall–Kier alpha value is -2.19.